The van der Waals surface area contributed by atoms with Crippen LogP contribution in [-0.4, -0.2) is 72.0 Å². The first-order valence-corrected chi connectivity index (χ1v) is 16.1. The third-order valence-electron chi connectivity index (χ3n) is 7.59. The molecule has 6 N–H and O–H groups in total. The molecule has 44 heavy (non-hydrogen) atoms. The van der Waals surface area contributed by atoms with Crippen LogP contribution in [0.2, 0.25) is 0 Å². The Labute approximate surface area is 263 Å². The van der Waals surface area contributed by atoms with Crippen molar-refractivity contribution in [2.45, 2.75) is 117 Å². The fraction of sp³-hybridized carbons (Fsp3) is 0.667. The second-order valence-electron chi connectivity index (χ2n) is 11.9. The molecule has 0 saturated carbocycles. The molecule has 0 heterocycles. The van der Waals surface area contributed by atoms with Crippen LogP contribution in [0.3, 0.4) is 0 Å². The van der Waals surface area contributed by atoms with Crippen molar-refractivity contribution in [1.82, 2.24) is 26.6 Å². The molecule has 0 aliphatic heterocycles. The van der Waals surface area contributed by atoms with Crippen LogP contribution >= 0.6 is 0 Å². The molecular formula is C33H55N5O6. The number of likely N-dealkylation sites (N-methyl/N-ethyl adjacent to an activating group) is 1. The van der Waals surface area contributed by atoms with Gasteiger partial charge < -0.3 is 31.7 Å². The summed E-state index contributed by atoms with van der Waals surface area (Å²) in [7, 11) is 0. The predicted octanol–water partition coefficient (Wildman–Crippen LogP) is 2.93. The predicted molar refractivity (Wildman–Crippen MR) is 172 cm³/mol. The number of aliphatic carboxylic acids is 1. The van der Waals surface area contributed by atoms with Gasteiger partial charge in [-0.25, -0.2) is 0 Å². The third kappa shape index (κ3) is 15.3. The molecule has 1 rings (SSSR count). The fourth-order valence-corrected chi connectivity index (χ4v) is 4.90. The van der Waals surface area contributed by atoms with Crippen molar-refractivity contribution in [2.75, 3.05) is 13.1 Å². The average molecular weight is 618 g/mol. The Hall–Kier alpha value is -3.47. The van der Waals surface area contributed by atoms with Gasteiger partial charge >= 0.3 is 5.97 Å². The number of nitrogens with one attached hydrogen (secondary N) is 5. The average Bonchev–Trinajstić information content (AvgIpc) is 2.97. The number of carbonyl (C=O) groups excluding carboxylic acids is 4. The van der Waals surface area contributed by atoms with E-state index in [1.807, 2.05) is 58.0 Å². The van der Waals surface area contributed by atoms with Crippen LogP contribution < -0.4 is 26.6 Å². The molecule has 0 aliphatic rings. The first-order chi connectivity index (χ1) is 20.9. The molecule has 0 bridgehead atoms. The summed E-state index contributed by atoms with van der Waals surface area (Å²) in [4.78, 5) is 63.2. The Kier molecular flexibility index (Phi) is 18.6. The summed E-state index contributed by atoms with van der Waals surface area (Å²) in [6.07, 6.45) is 2.81. The lowest BCUT2D eigenvalue weighted by molar-refractivity contribution is -0.137. The minimum atomic E-state index is -0.985. The molecule has 0 aliphatic carbocycles. The molecule has 5 atom stereocenters. The molecule has 1 unspecified atom stereocenters. The quantitative estimate of drug-likeness (QED) is 0.116. The van der Waals surface area contributed by atoms with Crippen molar-refractivity contribution in [2.24, 2.45) is 11.8 Å². The van der Waals surface area contributed by atoms with Crippen molar-refractivity contribution in [3.8, 4) is 0 Å². The van der Waals surface area contributed by atoms with Crippen LogP contribution in [0.5, 0.6) is 0 Å². The van der Waals surface area contributed by atoms with Crippen LogP contribution in [0.4, 0.5) is 0 Å². The van der Waals surface area contributed by atoms with Gasteiger partial charge in [0.05, 0.1) is 6.04 Å². The second-order valence-corrected chi connectivity index (χ2v) is 11.9. The largest absolute Gasteiger partial charge is 0.481 e. The maximum absolute atomic E-state index is 13.8. The van der Waals surface area contributed by atoms with Gasteiger partial charge in [0.1, 0.15) is 12.1 Å². The van der Waals surface area contributed by atoms with Gasteiger partial charge in [0, 0.05) is 32.0 Å². The Bertz CT molecular complexity index is 1030. The molecular weight excluding hydrogens is 562 g/mol. The van der Waals surface area contributed by atoms with Crippen molar-refractivity contribution < 1.29 is 29.1 Å². The highest BCUT2D eigenvalue weighted by Gasteiger charge is 2.31. The van der Waals surface area contributed by atoms with Crippen LogP contribution in [0.15, 0.2) is 30.3 Å². The van der Waals surface area contributed by atoms with E-state index in [4.69, 9.17) is 5.11 Å². The highest BCUT2D eigenvalue weighted by Crippen LogP contribution is 2.12. The summed E-state index contributed by atoms with van der Waals surface area (Å²) in [5.74, 6) is -2.20. The molecule has 0 spiro atoms. The Balaban J connectivity index is 3.12. The molecule has 11 heteroatoms. The van der Waals surface area contributed by atoms with Gasteiger partial charge in [-0.3, -0.25) is 24.0 Å². The Morgan fingerprint density at radius 1 is 0.795 bits per heavy atom. The summed E-state index contributed by atoms with van der Waals surface area (Å²) >= 11 is 0. The van der Waals surface area contributed by atoms with Crippen molar-refractivity contribution in [1.29, 1.82) is 0 Å². The normalized spacial score (nSPS) is 14.5. The highest BCUT2D eigenvalue weighted by atomic mass is 16.4. The van der Waals surface area contributed by atoms with Crippen LogP contribution in [0, 0.1) is 11.8 Å². The number of carboxylic acid groups (broad SMARTS) is 1. The van der Waals surface area contributed by atoms with Gasteiger partial charge in [0.15, 0.2) is 0 Å². The minimum Gasteiger partial charge on any atom is -0.481 e. The first-order valence-electron chi connectivity index (χ1n) is 16.1. The van der Waals surface area contributed by atoms with E-state index >= 15 is 0 Å². The standard InChI is InChI=1S/C33H55N5O6/c1-7-23(6)30(38-28(39)16-13-17-29(40)41)33(44)37-27(19-18-24-14-11-10-12-15-24)32(43)36-25(20-22(4)5)21-35-26(8-2)31(42)34-9-3/h10-12,14-15,22-23,25-27,30,35H,7-9,13,16-21H2,1-6H3,(H,34,42)(H,36,43)(H,37,44)(H,38,39)(H,40,41)/t23?,25-,26-,27-,30-/m0/s1. The van der Waals surface area contributed by atoms with E-state index in [0.717, 1.165) is 5.56 Å². The zero-order valence-electron chi connectivity index (χ0n) is 27.4. The SMILES string of the molecule is CCNC(=O)[C@H](CC)NC[C@H](CC(C)C)NC(=O)[C@H](CCc1ccccc1)NC(=O)[C@@H](NC(=O)CCCC(=O)O)C(C)CC. The van der Waals surface area contributed by atoms with Crippen LogP contribution in [-0.2, 0) is 30.4 Å². The number of carbonyl (C=O) groups is 5. The van der Waals surface area contributed by atoms with Gasteiger partial charge in [-0.15, -0.1) is 0 Å². The maximum Gasteiger partial charge on any atom is 0.303 e. The van der Waals surface area contributed by atoms with E-state index < -0.39 is 29.9 Å². The van der Waals surface area contributed by atoms with Gasteiger partial charge in [-0.2, -0.15) is 0 Å². The van der Waals surface area contributed by atoms with Gasteiger partial charge in [-0.1, -0.05) is 71.4 Å². The second kappa shape index (κ2) is 21.3. The lowest BCUT2D eigenvalue weighted by atomic mass is 9.96. The molecule has 0 aromatic heterocycles. The number of hydrogen-bond acceptors (Lipinski definition) is 6. The number of rotatable bonds is 22. The van der Waals surface area contributed by atoms with E-state index in [-0.39, 0.29) is 55.0 Å². The molecule has 248 valence electrons. The third-order valence-corrected chi connectivity index (χ3v) is 7.59. The highest BCUT2D eigenvalue weighted by molar-refractivity contribution is 5.92. The number of amides is 4. The summed E-state index contributed by atoms with van der Waals surface area (Å²) in [5, 5.41) is 23.8. The fourth-order valence-electron chi connectivity index (χ4n) is 4.90. The molecule has 4 amide bonds. The maximum atomic E-state index is 13.8. The van der Waals surface area contributed by atoms with Crippen LogP contribution in [0.25, 0.3) is 0 Å². The molecule has 0 saturated heterocycles. The van der Waals surface area contributed by atoms with E-state index in [1.165, 1.54) is 0 Å². The number of benzene rings is 1. The van der Waals surface area contributed by atoms with Gasteiger partial charge in [0.25, 0.3) is 0 Å². The van der Waals surface area contributed by atoms with Crippen LogP contribution in [0.1, 0.15) is 92.1 Å². The molecule has 1 aromatic rings. The van der Waals surface area contributed by atoms with E-state index in [1.54, 1.807) is 0 Å². The summed E-state index contributed by atoms with van der Waals surface area (Å²) in [6, 6.07) is 7.29. The summed E-state index contributed by atoms with van der Waals surface area (Å²) in [6.45, 7) is 12.6. The van der Waals surface area contributed by atoms with Crippen molar-refractivity contribution in [3.05, 3.63) is 35.9 Å². The monoisotopic (exact) mass is 617 g/mol. The van der Waals surface area contributed by atoms with Crippen molar-refractivity contribution in [3.63, 3.8) is 0 Å². The topological polar surface area (TPSA) is 166 Å². The zero-order chi connectivity index (χ0) is 33.1. The smallest absolute Gasteiger partial charge is 0.303 e. The molecule has 0 radical (unpaired) electrons. The summed E-state index contributed by atoms with van der Waals surface area (Å²) in [5.41, 5.74) is 1.03. The lowest BCUT2D eigenvalue weighted by Gasteiger charge is -2.29. The lowest BCUT2D eigenvalue weighted by Crippen LogP contribution is -2.58. The molecule has 11 nitrogen and oxygen atoms in total. The van der Waals surface area contributed by atoms with E-state index in [9.17, 15) is 24.0 Å². The minimum absolute atomic E-state index is 0.0106. The van der Waals surface area contributed by atoms with Gasteiger partial charge in [0.2, 0.25) is 23.6 Å². The number of carboxylic acids is 1. The van der Waals surface area contributed by atoms with E-state index in [0.29, 0.717) is 45.2 Å². The Morgan fingerprint density at radius 3 is 2.05 bits per heavy atom. The zero-order valence-corrected chi connectivity index (χ0v) is 27.4. The number of hydrogen-bond donors (Lipinski definition) is 6. The summed E-state index contributed by atoms with van der Waals surface area (Å²) < 4.78 is 0. The molecule has 1 aromatic carbocycles. The molecule has 0 fully saturated rings. The Morgan fingerprint density at radius 2 is 1.48 bits per heavy atom. The van der Waals surface area contributed by atoms with Crippen molar-refractivity contribution >= 4 is 29.6 Å². The first kappa shape index (κ1) is 38.6. The number of aryl methyl sites for hydroxylation is 1. The van der Waals surface area contributed by atoms with Gasteiger partial charge in [-0.05, 0) is 56.4 Å². The van der Waals surface area contributed by atoms with E-state index in [2.05, 4.69) is 40.4 Å².